The number of esters is 1. The summed E-state index contributed by atoms with van der Waals surface area (Å²) in [7, 11) is -2.13. The van der Waals surface area contributed by atoms with Crippen LogP contribution in [-0.4, -0.2) is 32.0 Å². The molecule has 3 aliphatic carbocycles. The van der Waals surface area contributed by atoms with E-state index in [1.54, 1.807) is 6.92 Å². The maximum absolute atomic E-state index is 13.5. The lowest BCUT2D eigenvalue weighted by atomic mass is 9.52. The molecule has 0 aromatic rings. The summed E-state index contributed by atoms with van der Waals surface area (Å²) in [5.41, 5.74) is 0.796. The van der Waals surface area contributed by atoms with Gasteiger partial charge in [0.05, 0.1) is 11.7 Å². The van der Waals surface area contributed by atoms with Crippen molar-refractivity contribution in [2.75, 3.05) is 0 Å². The van der Waals surface area contributed by atoms with Crippen LogP contribution in [-0.2, 0) is 23.5 Å². The second kappa shape index (κ2) is 6.41. The van der Waals surface area contributed by atoms with Crippen molar-refractivity contribution >= 4 is 25.9 Å². The van der Waals surface area contributed by atoms with Crippen molar-refractivity contribution in [2.24, 2.45) is 29.1 Å². The Balaban J connectivity index is 1.88. The lowest BCUT2D eigenvalue weighted by Crippen LogP contribution is -2.54. The molecule has 6 atom stereocenters. The zero-order valence-corrected chi connectivity index (χ0v) is 20.4. The van der Waals surface area contributed by atoms with Gasteiger partial charge < -0.3 is 9.16 Å². The van der Waals surface area contributed by atoms with Gasteiger partial charge in [-0.25, -0.2) is 0 Å². The summed E-state index contributed by atoms with van der Waals surface area (Å²) >= 11 is 0. The van der Waals surface area contributed by atoms with E-state index < -0.39 is 19.7 Å². The van der Waals surface area contributed by atoms with Gasteiger partial charge >= 0.3 is 5.97 Å². The predicted octanol–water partition coefficient (Wildman–Crippen LogP) is 4.58. The van der Waals surface area contributed by atoms with Crippen LogP contribution in [0.4, 0.5) is 0 Å². The fourth-order valence-corrected chi connectivity index (χ4v) is 7.07. The van der Waals surface area contributed by atoms with Crippen LogP contribution in [0.2, 0.25) is 18.1 Å². The predicted molar refractivity (Wildman–Crippen MR) is 116 cm³/mol. The van der Waals surface area contributed by atoms with Gasteiger partial charge in [0, 0.05) is 36.0 Å². The third-order valence-corrected chi connectivity index (χ3v) is 13.0. The number of allylic oxidation sites excluding steroid dienone is 3. The molecule has 0 bridgehead atoms. The van der Waals surface area contributed by atoms with E-state index in [-0.39, 0.29) is 46.4 Å². The zero-order chi connectivity index (χ0) is 22.4. The number of hydrogen-bond acceptors (Lipinski definition) is 5. The smallest absolute Gasteiger partial charge is 0.309 e. The molecular weight excluding hydrogens is 396 g/mol. The average molecular weight is 431 g/mol. The molecule has 0 radical (unpaired) electrons. The first-order valence-electron chi connectivity index (χ1n) is 11.1. The molecule has 5 nitrogen and oxygen atoms in total. The second-order valence-corrected chi connectivity index (χ2v) is 16.2. The number of fused-ring (bicyclic) bond motifs is 5. The maximum atomic E-state index is 13.5. The number of rotatable bonds is 2. The first-order valence-corrected chi connectivity index (χ1v) is 14.0. The first-order chi connectivity index (χ1) is 13.7. The third-order valence-electron chi connectivity index (χ3n) is 8.68. The molecule has 0 spiro atoms. The molecule has 1 unspecified atom stereocenters. The molecule has 30 heavy (non-hydrogen) atoms. The number of ketones is 2. The van der Waals surface area contributed by atoms with Crippen LogP contribution < -0.4 is 0 Å². The van der Waals surface area contributed by atoms with Crippen LogP contribution in [0.5, 0.6) is 0 Å². The highest BCUT2D eigenvalue weighted by molar-refractivity contribution is 6.74. The molecule has 1 aliphatic heterocycles. The molecule has 0 N–H and O–H groups in total. The van der Waals surface area contributed by atoms with Gasteiger partial charge in [0.15, 0.2) is 11.6 Å². The maximum Gasteiger partial charge on any atom is 0.309 e. The summed E-state index contributed by atoms with van der Waals surface area (Å²) in [4.78, 5) is 39.0. The summed E-state index contributed by atoms with van der Waals surface area (Å²) in [6.45, 7) is 16.6. The highest BCUT2D eigenvalue weighted by Crippen LogP contribution is 2.63. The molecular formula is C24H34O5Si. The monoisotopic (exact) mass is 430 g/mol. The van der Waals surface area contributed by atoms with Crippen LogP contribution in [0, 0.1) is 29.1 Å². The Morgan fingerprint density at radius 2 is 1.80 bits per heavy atom. The highest BCUT2D eigenvalue weighted by Gasteiger charge is 2.66. The fraction of sp³-hybridized carbons (Fsp3) is 0.708. The SMILES string of the molecule is CC1=CC(=O)[C@H]2CC(O[Si](C)(C)C(C)(C)C)=C3C[C@@H]4OC(=O)[C@@H](C)[C@@H]4C3[C@@]2(C)C1=O. The molecule has 1 saturated carbocycles. The van der Waals surface area contributed by atoms with E-state index in [4.69, 9.17) is 9.16 Å². The highest BCUT2D eigenvalue weighted by atomic mass is 28.4. The molecule has 4 rings (SSSR count). The van der Waals surface area contributed by atoms with Gasteiger partial charge in [0.2, 0.25) is 8.32 Å². The number of carbonyl (C=O) groups is 3. The molecule has 6 heteroatoms. The van der Waals surface area contributed by atoms with Crippen LogP contribution in [0.15, 0.2) is 23.0 Å². The van der Waals surface area contributed by atoms with Crippen LogP contribution in [0.1, 0.15) is 54.4 Å². The Morgan fingerprint density at radius 3 is 2.40 bits per heavy atom. The van der Waals surface area contributed by atoms with Crippen molar-refractivity contribution in [3.63, 3.8) is 0 Å². The van der Waals surface area contributed by atoms with Gasteiger partial charge in [0.1, 0.15) is 6.10 Å². The minimum atomic E-state index is -2.13. The van der Waals surface area contributed by atoms with Gasteiger partial charge in [-0.05, 0) is 42.3 Å². The number of ether oxygens (including phenoxy) is 1. The van der Waals surface area contributed by atoms with Gasteiger partial charge in [-0.3, -0.25) is 14.4 Å². The summed E-state index contributed by atoms with van der Waals surface area (Å²) in [5, 5.41) is 0.0218. The van der Waals surface area contributed by atoms with Crippen LogP contribution >= 0.6 is 0 Å². The van der Waals surface area contributed by atoms with Crippen molar-refractivity contribution < 1.29 is 23.5 Å². The Morgan fingerprint density at radius 1 is 1.17 bits per heavy atom. The van der Waals surface area contributed by atoms with E-state index in [0.29, 0.717) is 18.4 Å². The summed E-state index contributed by atoms with van der Waals surface area (Å²) in [6, 6.07) is 0. The lowest BCUT2D eigenvalue weighted by molar-refractivity contribution is -0.144. The van der Waals surface area contributed by atoms with E-state index in [2.05, 4.69) is 33.9 Å². The van der Waals surface area contributed by atoms with Gasteiger partial charge in [0.25, 0.3) is 0 Å². The first kappa shape index (κ1) is 21.5. The number of hydrogen-bond donors (Lipinski definition) is 0. The van der Waals surface area contributed by atoms with Crippen molar-refractivity contribution in [2.45, 2.75) is 78.6 Å². The molecule has 164 valence electrons. The molecule has 4 aliphatic rings. The molecule has 1 saturated heterocycles. The standard InChI is InChI=1S/C24H34O5Si/c1-12-9-16(25)15-11-17(29-30(7,8)23(3,4)5)14-10-18-19(13(2)22(27)28-18)20(14)24(15,6)21(12)26/h9,13,15,18-20H,10-11H2,1-8H3/t13-,15+,18-,19-,20?,24-/m0/s1. The quantitative estimate of drug-likeness (QED) is 0.474. The second-order valence-electron chi connectivity index (χ2n) is 11.4. The van der Waals surface area contributed by atoms with E-state index in [9.17, 15) is 14.4 Å². The summed E-state index contributed by atoms with van der Waals surface area (Å²) < 4.78 is 12.5. The topological polar surface area (TPSA) is 69.7 Å². The normalized spacial score (nSPS) is 38.7. The number of Topliss-reactive ketones (excluding diaryl/α,β-unsaturated/α-hetero) is 1. The molecule has 1 heterocycles. The molecule has 0 aromatic carbocycles. The average Bonchev–Trinajstić information content (AvgIpc) is 3.11. The van der Waals surface area contributed by atoms with Gasteiger partial charge in [-0.2, -0.15) is 0 Å². The fourth-order valence-electron chi connectivity index (χ4n) is 5.93. The van der Waals surface area contributed by atoms with E-state index in [1.807, 2.05) is 13.8 Å². The van der Waals surface area contributed by atoms with Crippen molar-refractivity contribution in [1.82, 2.24) is 0 Å². The summed E-state index contributed by atoms with van der Waals surface area (Å²) in [5.74, 6) is -0.257. The van der Waals surface area contributed by atoms with E-state index >= 15 is 0 Å². The largest absolute Gasteiger partial charge is 0.547 e. The summed E-state index contributed by atoms with van der Waals surface area (Å²) in [6.07, 6.45) is 2.36. The van der Waals surface area contributed by atoms with Crippen molar-refractivity contribution in [3.05, 3.63) is 23.0 Å². The molecule has 0 amide bonds. The van der Waals surface area contributed by atoms with E-state index in [1.165, 1.54) is 6.08 Å². The molecule has 0 aromatic heterocycles. The minimum absolute atomic E-state index is 0.00586. The third kappa shape index (κ3) is 2.75. The van der Waals surface area contributed by atoms with Crippen LogP contribution in [0.25, 0.3) is 0 Å². The van der Waals surface area contributed by atoms with E-state index in [0.717, 1.165) is 11.3 Å². The Hall–Kier alpha value is -1.69. The van der Waals surface area contributed by atoms with Crippen LogP contribution in [0.3, 0.4) is 0 Å². The molecule has 2 fully saturated rings. The van der Waals surface area contributed by atoms with Crippen molar-refractivity contribution in [3.8, 4) is 0 Å². The Labute approximate surface area is 180 Å². The zero-order valence-electron chi connectivity index (χ0n) is 19.4. The lowest BCUT2D eigenvalue weighted by Gasteiger charge is -2.50. The number of carbonyl (C=O) groups excluding carboxylic acids is 3. The van der Waals surface area contributed by atoms with Gasteiger partial charge in [-0.1, -0.05) is 34.6 Å². The van der Waals surface area contributed by atoms with Gasteiger partial charge in [-0.15, -0.1) is 0 Å². The van der Waals surface area contributed by atoms with Crippen molar-refractivity contribution in [1.29, 1.82) is 0 Å². The Bertz CT molecular complexity index is 905. The Kier molecular flexibility index (Phi) is 4.60. The minimum Gasteiger partial charge on any atom is -0.547 e.